The smallest absolute Gasteiger partial charge is 0.416 e. The van der Waals surface area contributed by atoms with E-state index >= 15 is 0 Å². The van der Waals surface area contributed by atoms with E-state index < -0.39 is 11.7 Å². The van der Waals surface area contributed by atoms with Crippen LogP contribution in [0.4, 0.5) is 30.5 Å². The van der Waals surface area contributed by atoms with Gasteiger partial charge in [-0.05, 0) is 23.8 Å². The Balaban J connectivity index is 0.00000220. The van der Waals surface area contributed by atoms with Crippen LogP contribution in [0.2, 0.25) is 0 Å². The van der Waals surface area contributed by atoms with Crippen molar-refractivity contribution in [3.05, 3.63) is 47.5 Å². The molecule has 0 saturated carbocycles. The number of rotatable bonds is 3. The second-order valence-electron chi connectivity index (χ2n) is 4.36. The second kappa shape index (κ2) is 8.07. The molecule has 7 N–H and O–H groups in total. The molecule has 1 aromatic heterocycles. The fraction of sp³-hybridized carbons (Fsp3) is 0.154. The van der Waals surface area contributed by atoms with Gasteiger partial charge in [-0.1, -0.05) is 12.1 Å². The number of pyridine rings is 1. The monoisotopic (exact) mass is 354 g/mol. The number of benzene rings is 1. The summed E-state index contributed by atoms with van der Waals surface area (Å²) in [5.41, 5.74) is 9.73. The summed E-state index contributed by atoms with van der Waals surface area (Å²) in [7, 11) is 0. The number of nitrogens with two attached hydrogens (primary N) is 1. The van der Waals surface area contributed by atoms with Crippen molar-refractivity contribution in [1.29, 1.82) is 0 Å². The van der Waals surface area contributed by atoms with Crippen molar-refractivity contribution >= 4 is 17.3 Å². The third kappa shape index (κ3) is 5.25. The molecular formula is C13H15Cl2F3N4. The van der Waals surface area contributed by atoms with Crippen LogP contribution in [0, 0.1) is 0 Å². The Morgan fingerprint density at radius 3 is 2.41 bits per heavy atom. The molecule has 0 aliphatic heterocycles. The molecule has 0 fully saturated rings. The first-order valence-corrected chi connectivity index (χ1v) is 5.90. The van der Waals surface area contributed by atoms with E-state index in [1.807, 2.05) is 0 Å². The van der Waals surface area contributed by atoms with E-state index in [0.717, 1.165) is 12.1 Å². The predicted molar refractivity (Wildman–Crippen MR) is 68.7 cm³/mol. The van der Waals surface area contributed by atoms with Gasteiger partial charge in [0.15, 0.2) is 0 Å². The molecule has 0 atom stereocenters. The number of nitrogen functional groups attached to an aromatic ring is 1. The van der Waals surface area contributed by atoms with Gasteiger partial charge in [0.25, 0.3) is 5.82 Å². The van der Waals surface area contributed by atoms with Crippen LogP contribution in [0.3, 0.4) is 0 Å². The zero-order valence-electron chi connectivity index (χ0n) is 11.3. The van der Waals surface area contributed by atoms with Crippen LogP contribution in [-0.4, -0.2) is 0 Å². The van der Waals surface area contributed by atoms with Gasteiger partial charge in [0, 0.05) is 6.07 Å². The van der Waals surface area contributed by atoms with Crippen LogP contribution in [-0.2, 0) is 12.7 Å². The Morgan fingerprint density at radius 2 is 1.82 bits per heavy atom. The van der Waals surface area contributed by atoms with Crippen molar-refractivity contribution < 1.29 is 48.7 Å². The lowest BCUT2D eigenvalue weighted by Gasteiger charge is -2.07. The van der Waals surface area contributed by atoms with Gasteiger partial charge in [0.1, 0.15) is 12.2 Å². The van der Waals surface area contributed by atoms with Crippen molar-refractivity contribution in [1.82, 2.24) is 0 Å². The number of aromatic amines is 1. The van der Waals surface area contributed by atoms with Crippen LogP contribution < -0.4 is 46.6 Å². The van der Waals surface area contributed by atoms with Crippen LogP contribution in [0.15, 0.2) is 36.4 Å². The zero-order chi connectivity index (χ0) is 14.8. The van der Waals surface area contributed by atoms with Gasteiger partial charge >= 0.3 is 12.0 Å². The van der Waals surface area contributed by atoms with E-state index in [4.69, 9.17) is 5.73 Å². The molecule has 0 unspecified atom stereocenters. The largest absolute Gasteiger partial charge is 1.00 e. The Morgan fingerprint density at radius 1 is 1.14 bits per heavy atom. The van der Waals surface area contributed by atoms with Gasteiger partial charge in [-0.15, -0.1) is 0 Å². The Kier molecular flexibility index (Phi) is 7.45. The van der Waals surface area contributed by atoms with Crippen molar-refractivity contribution in [2.24, 2.45) is 0 Å². The standard InChI is InChI=1S/C13H13F3N4.2ClH/c14-13(15,16)9-3-1-2-8(6-9)7-19-11-5-4-10(17)12(18)20-11;;/h1-6H,7,17H2,(H3,18,19,20);2*1H. The number of hydrogen-bond donors (Lipinski definition) is 3. The lowest BCUT2D eigenvalue weighted by Crippen LogP contribution is -3.00. The number of alkyl halides is 3. The quantitative estimate of drug-likeness (QED) is 0.520. The third-order valence-corrected chi connectivity index (χ3v) is 2.80. The average Bonchev–Trinajstić information content (AvgIpc) is 2.39. The molecule has 0 radical (unpaired) electrons. The number of halogens is 5. The molecule has 1 aromatic carbocycles. The predicted octanol–water partition coefficient (Wildman–Crippen LogP) is -4.40. The molecule has 122 valence electrons. The van der Waals surface area contributed by atoms with E-state index in [9.17, 15) is 13.2 Å². The van der Waals surface area contributed by atoms with E-state index in [1.54, 1.807) is 18.2 Å². The van der Waals surface area contributed by atoms with Crippen LogP contribution in [0.5, 0.6) is 0 Å². The maximum absolute atomic E-state index is 12.6. The fourth-order valence-corrected chi connectivity index (χ4v) is 1.71. The number of hydrogen-bond acceptors (Lipinski definition) is 2. The normalized spacial score (nSPS) is 10.4. The first kappa shape index (κ1) is 20.3. The highest BCUT2D eigenvalue weighted by Crippen LogP contribution is 2.29. The maximum Gasteiger partial charge on any atom is 0.416 e. The number of nitrogens with one attached hydrogen (secondary N) is 2. The first-order chi connectivity index (χ1) is 9.36. The highest BCUT2D eigenvalue weighted by atomic mass is 35.5. The summed E-state index contributed by atoms with van der Waals surface area (Å²) in [6.45, 7) is 0.268. The van der Waals surface area contributed by atoms with Crippen LogP contribution in [0.25, 0.3) is 0 Å². The molecule has 22 heavy (non-hydrogen) atoms. The molecule has 0 amide bonds. The van der Waals surface area contributed by atoms with Gasteiger partial charge in [-0.3, -0.25) is 11.1 Å². The van der Waals surface area contributed by atoms with Crippen molar-refractivity contribution in [3.63, 3.8) is 0 Å². The molecular weight excluding hydrogens is 340 g/mol. The molecule has 0 bridgehead atoms. The van der Waals surface area contributed by atoms with E-state index in [0.29, 0.717) is 22.9 Å². The highest BCUT2D eigenvalue weighted by Gasteiger charge is 2.30. The Bertz CT molecular complexity index is 620. The van der Waals surface area contributed by atoms with Crippen LogP contribution >= 0.6 is 0 Å². The topological polar surface area (TPSA) is 79.8 Å². The summed E-state index contributed by atoms with van der Waals surface area (Å²) >= 11 is 0. The highest BCUT2D eigenvalue weighted by molar-refractivity contribution is 5.51. The minimum atomic E-state index is -4.33. The van der Waals surface area contributed by atoms with E-state index in [2.05, 4.69) is 16.0 Å². The summed E-state index contributed by atoms with van der Waals surface area (Å²) in [4.78, 5) is 2.92. The minimum absolute atomic E-state index is 0. The lowest BCUT2D eigenvalue weighted by molar-refractivity contribution is -0.465. The number of aromatic nitrogens is 1. The van der Waals surface area contributed by atoms with Crippen molar-refractivity contribution in [2.75, 3.05) is 11.1 Å². The number of quaternary nitrogens is 1. The summed E-state index contributed by atoms with van der Waals surface area (Å²) < 4.78 is 37.7. The summed E-state index contributed by atoms with van der Waals surface area (Å²) in [6.07, 6.45) is -4.33. The summed E-state index contributed by atoms with van der Waals surface area (Å²) in [6, 6.07) is 8.57. The molecule has 0 aliphatic rings. The van der Waals surface area contributed by atoms with Crippen LogP contribution in [0.1, 0.15) is 11.1 Å². The van der Waals surface area contributed by atoms with E-state index in [-0.39, 0.29) is 31.4 Å². The minimum Gasteiger partial charge on any atom is -1.00 e. The summed E-state index contributed by atoms with van der Waals surface area (Å²) in [5.74, 6) is 1.20. The summed E-state index contributed by atoms with van der Waals surface area (Å²) in [5, 5.41) is 2.99. The lowest BCUT2D eigenvalue weighted by atomic mass is 10.1. The van der Waals surface area contributed by atoms with E-state index in [1.165, 1.54) is 6.07 Å². The molecule has 1 heterocycles. The fourth-order valence-electron chi connectivity index (χ4n) is 1.71. The van der Waals surface area contributed by atoms with Gasteiger partial charge in [0.05, 0.1) is 5.56 Å². The molecule has 9 heteroatoms. The molecule has 4 nitrogen and oxygen atoms in total. The number of anilines is 2. The SMILES string of the molecule is Nc1ccc(NCc2cccc(C(F)(F)F)c2)[nH+]c1[NH3+].[Cl-].[Cl-]. The number of H-pyrrole nitrogens is 1. The average molecular weight is 355 g/mol. The molecule has 2 rings (SSSR count). The molecule has 0 spiro atoms. The maximum atomic E-state index is 12.6. The van der Waals surface area contributed by atoms with Crippen molar-refractivity contribution in [2.45, 2.75) is 12.7 Å². The van der Waals surface area contributed by atoms with Gasteiger partial charge < -0.3 is 30.5 Å². The zero-order valence-corrected chi connectivity index (χ0v) is 12.9. The Hall–Kier alpha value is -1.70. The third-order valence-electron chi connectivity index (χ3n) is 2.80. The van der Waals surface area contributed by atoms with Gasteiger partial charge in [0.2, 0.25) is 0 Å². The molecule has 2 aromatic rings. The second-order valence-corrected chi connectivity index (χ2v) is 4.36. The van der Waals surface area contributed by atoms with Gasteiger partial charge in [-0.2, -0.15) is 18.2 Å². The van der Waals surface area contributed by atoms with Gasteiger partial charge in [-0.25, -0.2) is 0 Å². The molecule has 0 saturated heterocycles. The Labute approximate surface area is 137 Å². The molecule has 0 aliphatic carbocycles. The first-order valence-electron chi connectivity index (χ1n) is 5.90. The van der Waals surface area contributed by atoms with Crippen molar-refractivity contribution in [3.8, 4) is 0 Å².